The molecule has 9 heteroatoms. The minimum absolute atomic E-state index is 0.0268. The van der Waals surface area contributed by atoms with Crippen LogP contribution in [-0.4, -0.2) is 22.4 Å². The number of alkyl halides is 5. The van der Waals surface area contributed by atoms with E-state index in [1.807, 2.05) is 0 Å². The van der Waals surface area contributed by atoms with Crippen LogP contribution in [0.3, 0.4) is 0 Å². The summed E-state index contributed by atoms with van der Waals surface area (Å²) < 4.78 is 65.2. The van der Waals surface area contributed by atoms with Crippen molar-refractivity contribution in [2.45, 2.75) is 26.1 Å². The van der Waals surface area contributed by atoms with E-state index in [9.17, 15) is 26.7 Å². The Morgan fingerprint density at radius 3 is 2.47 bits per heavy atom. The average molecular weight is 285 g/mol. The van der Waals surface area contributed by atoms with Crippen LogP contribution in [0.2, 0.25) is 0 Å². The van der Waals surface area contributed by atoms with Gasteiger partial charge in [0.1, 0.15) is 5.69 Å². The Morgan fingerprint density at radius 1 is 1.47 bits per heavy atom. The fourth-order valence-corrected chi connectivity index (χ4v) is 1.43. The number of pyridine rings is 1. The SMILES string of the molecule is Cc1cc(CC(=O)O)c(OC(F)(F)F)c(C(F)F)n1. The van der Waals surface area contributed by atoms with Crippen molar-refractivity contribution in [2.75, 3.05) is 0 Å². The molecule has 1 heterocycles. The first-order valence-electron chi connectivity index (χ1n) is 4.86. The third-order valence-electron chi connectivity index (χ3n) is 1.97. The lowest BCUT2D eigenvalue weighted by Gasteiger charge is -2.16. The number of aryl methyl sites for hydroxylation is 1. The first kappa shape index (κ1) is 15.1. The lowest BCUT2D eigenvalue weighted by molar-refractivity contribution is -0.275. The molecule has 106 valence electrons. The highest BCUT2D eigenvalue weighted by atomic mass is 19.4. The number of aliphatic carboxylic acids is 1. The van der Waals surface area contributed by atoms with E-state index in [0.717, 1.165) is 6.07 Å². The van der Waals surface area contributed by atoms with Gasteiger partial charge < -0.3 is 9.84 Å². The second-order valence-electron chi connectivity index (χ2n) is 3.56. The van der Waals surface area contributed by atoms with E-state index >= 15 is 0 Å². The molecule has 19 heavy (non-hydrogen) atoms. The molecular weight excluding hydrogens is 277 g/mol. The maximum Gasteiger partial charge on any atom is 0.573 e. The molecule has 0 radical (unpaired) electrons. The van der Waals surface area contributed by atoms with Gasteiger partial charge in [-0.3, -0.25) is 4.79 Å². The van der Waals surface area contributed by atoms with E-state index < -0.39 is 42.2 Å². The molecular formula is C10H8F5NO3. The number of hydrogen-bond acceptors (Lipinski definition) is 3. The zero-order valence-corrected chi connectivity index (χ0v) is 9.46. The Hall–Kier alpha value is -1.93. The fraction of sp³-hybridized carbons (Fsp3) is 0.400. The molecule has 0 atom stereocenters. The summed E-state index contributed by atoms with van der Waals surface area (Å²) in [7, 11) is 0. The lowest BCUT2D eigenvalue weighted by atomic mass is 10.1. The highest BCUT2D eigenvalue weighted by Gasteiger charge is 2.35. The third-order valence-corrected chi connectivity index (χ3v) is 1.97. The molecule has 0 aliphatic carbocycles. The summed E-state index contributed by atoms with van der Waals surface area (Å²) in [6, 6.07) is 0.959. The van der Waals surface area contributed by atoms with Crippen LogP contribution < -0.4 is 4.74 Å². The smallest absolute Gasteiger partial charge is 0.481 e. The van der Waals surface area contributed by atoms with E-state index in [1.165, 1.54) is 6.92 Å². The number of nitrogens with zero attached hydrogens (tertiary/aromatic N) is 1. The Morgan fingerprint density at radius 2 is 2.05 bits per heavy atom. The highest BCUT2D eigenvalue weighted by molar-refractivity contribution is 5.71. The minimum atomic E-state index is -5.21. The van der Waals surface area contributed by atoms with E-state index in [4.69, 9.17) is 5.11 Å². The van der Waals surface area contributed by atoms with E-state index in [1.54, 1.807) is 0 Å². The molecule has 0 spiro atoms. The Kier molecular flexibility index (Phi) is 4.28. The van der Waals surface area contributed by atoms with E-state index in [0.29, 0.717) is 0 Å². The topological polar surface area (TPSA) is 59.4 Å². The molecule has 1 aromatic heterocycles. The van der Waals surface area contributed by atoms with Crippen molar-refractivity contribution in [1.29, 1.82) is 0 Å². The summed E-state index contributed by atoms with van der Waals surface area (Å²) in [5.41, 5.74) is -1.76. The Balaban J connectivity index is 3.38. The number of ether oxygens (including phenoxy) is 1. The summed E-state index contributed by atoms with van der Waals surface area (Å²) in [5.74, 6) is -2.73. The standard InChI is InChI=1S/C10H8F5NO3/c1-4-2-5(3-6(17)18)8(19-10(13,14)15)7(16-4)9(11)12/h2,9H,3H2,1H3,(H,17,18). The van der Waals surface area contributed by atoms with Crippen LogP contribution in [0.5, 0.6) is 5.75 Å². The molecule has 0 fully saturated rings. The van der Waals surface area contributed by atoms with Gasteiger partial charge in [-0.1, -0.05) is 0 Å². The predicted octanol–water partition coefficient (Wildman–Crippen LogP) is 2.85. The molecule has 0 aliphatic heterocycles. The number of halogens is 5. The van der Waals surface area contributed by atoms with Crippen molar-refractivity contribution < 1.29 is 36.6 Å². The number of carbonyl (C=O) groups is 1. The first-order chi connectivity index (χ1) is 8.60. The van der Waals surface area contributed by atoms with Crippen LogP contribution in [0.15, 0.2) is 6.07 Å². The molecule has 1 N–H and O–H groups in total. The number of carboxylic acids is 1. The largest absolute Gasteiger partial charge is 0.573 e. The second kappa shape index (κ2) is 5.37. The van der Waals surface area contributed by atoms with Gasteiger partial charge in [-0.25, -0.2) is 13.8 Å². The van der Waals surface area contributed by atoms with Gasteiger partial charge in [-0.15, -0.1) is 13.2 Å². The van der Waals surface area contributed by atoms with Crippen LogP contribution >= 0.6 is 0 Å². The van der Waals surface area contributed by atoms with Crippen molar-refractivity contribution in [3.63, 3.8) is 0 Å². The van der Waals surface area contributed by atoms with Gasteiger partial charge in [0.2, 0.25) is 0 Å². The van der Waals surface area contributed by atoms with Crippen LogP contribution in [0.1, 0.15) is 23.4 Å². The molecule has 0 amide bonds. The normalized spacial score (nSPS) is 11.7. The predicted molar refractivity (Wildman–Crippen MR) is 52.0 cm³/mol. The number of hydrogen-bond donors (Lipinski definition) is 1. The average Bonchev–Trinajstić information content (AvgIpc) is 2.18. The van der Waals surface area contributed by atoms with Crippen molar-refractivity contribution in [1.82, 2.24) is 4.98 Å². The minimum Gasteiger partial charge on any atom is -0.481 e. The van der Waals surface area contributed by atoms with Crippen molar-refractivity contribution in [3.8, 4) is 5.75 Å². The third kappa shape index (κ3) is 4.34. The molecule has 4 nitrogen and oxygen atoms in total. The van der Waals surface area contributed by atoms with Crippen LogP contribution in [-0.2, 0) is 11.2 Å². The Bertz CT molecular complexity index is 487. The zero-order valence-electron chi connectivity index (χ0n) is 9.46. The first-order valence-corrected chi connectivity index (χ1v) is 4.86. The summed E-state index contributed by atoms with van der Waals surface area (Å²) in [5, 5.41) is 8.57. The Labute approximate surface area is 103 Å². The van der Waals surface area contributed by atoms with Gasteiger partial charge in [-0.05, 0) is 13.0 Å². The number of aromatic nitrogens is 1. The quantitative estimate of drug-likeness (QED) is 0.864. The van der Waals surface area contributed by atoms with Gasteiger partial charge in [0.25, 0.3) is 6.43 Å². The maximum atomic E-state index is 12.6. The van der Waals surface area contributed by atoms with Crippen molar-refractivity contribution in [2.24, 2.45) is 0 Å². The van der Waals surface area contributed by atoms with Gasteiger partial charge in [-0.2, -0.15) is 0 Å². The van der Waals surface area contributed by atoms with Crippen LogP contribution in [0, 0.1) is 6.92 Å². The lowest BCUT2D eigenvalue weighted by Crippen LogP contribution is -2.21. The summed E-state index contributed by atoms with van der Waals surface area (Å²) in [4.78, 5) is 13.8. The molecule has 0 bridgehead atoms. The summed E-state index contributed by atoms with van der Waals surface area (Å²) >= 11 is 0. The van der Waals surface area contributed by atoms with Gasteiger partial charge in [0.15, 0.2) is 5.75 Å². The maximum absolute atomic E-state index is 12.6. The molecule has 0 saturated heterocycles. The summed E-state index contributed by atoms with van der Waals surface area (Å²) in [6.07, 6.45) is -9.41. The van der Waals surface area contributed by atoms with Crippen LogP contribution in [0.4, 0.5) is 22.0 Å². The molecule has 0 saturated carbocycles. The molecule has 1 aromatic rings. The monoisotopic (exact) mass is 285 g/mol. The van der Waals surface area contributed by atoms with Crippen molar-refractivity contribution in [3.05, 3.63) is 23.0 Å². The van der Waals surface area contributed by atoms with Gasteiger partial charge >= 0.3 is 12.3 Å². The molecule has 0 aromatic carbocycles. The van der Waals surface area contributed by atoms with Crippen LogP contribution in [0.25, 0.3) is 0 Å². The van der Waals surface area contributed by atoms with E-state index in [-0.39, 0.29) is 5.69 Å². The number of rotatable bonds is 4. The zero-order chi connectivity index (χ0) is 14.8. The second-order valence-corrected chi connectivity index (χ2v) is 3.56. The molecule has 1 rings (SSSR count). The van der Waals surface area contributed by atoms with E-state index in [2.05, 4.69) is 9.72 Å². The van der Waals surface area contributed by atoms with Gasteiger partial charge in [0, 0.05) is 11.3 Å². The summed E-state index contributed by atoms with van der Waals surface area (Å²) in [6.45, 7) is 1.26. The highest BCUT2D eigenvalue weighted by Crippen LogP contribution is 2.35. The van der Waals surface area contributed by atoms with Gasteiger partial charge in [0.05, 0.1) is 6.42 Å². The fourth-order valence-electron chi connectivity index (χ4n) is 1.43. The molecule has 0 unspecified atom stereocenters. The molecule has 0 aliphatic rings. The van der Waals surface area contributed by atoms with Crippen molar-refractivity contribution >= 4 is 5.97 Å². The number of carboxylic acid groups (broad SMARTS) is 1.